The Morgan fingerprint density at radius 1 is 1.03 bits per heavy atom. The van der Waals surface area contributed by atoms with Gasteiger partial charge in [0.25, 0.3) is 0 Å². The molecule has 0 aliphatic heterocycles. The minimum absolute atomic E-state index is 0.0712. The molecule has 1 heterocycles. The molecular weight excluding hydrogens is 398 g/mol. The molecule has 6 nitrogen and oxygen atoms in total. The Morgan fingerprint density at radius 3 is 2.47 bits per heavy atom. The van der Waals surface area contributed by atoms with Crippen LogP contribution in [0.2, 0.25) is 0 Å². The number of Topliss-reactive ketones (excluding diaryl/α,β-unsaturated/α-hetero) is 1. The first-order valence-corrected chi connectivity index (χ1v) is 10.9. The molecule has 0 saturated carbocycles. The molecule has 1 aromatic heterocycles. The van der Waals surface area contributed by atoms with Crippen molar-refractivity contribution in [2.75, 3.05) is 12.9 Å². The molecule has 0 spiro atoms. The Labute approximate surface area is 181 Å². The molecule has 0 aliphatic rings. The lowest BCUT2D eigenvalue weighted by atomic mass is 10.2. The molecule has 0 amide bonds. The Kier molecular flexibility index (Phi) is 7.52. The van der Waals surface area contributed by atoms with E-state index in [9.17, 15) is 4.79 Å². The van der Waals surface area contributed by atoms with E-state index in [1.54, 1.807) is 7.11 Å². The van der Waals surface area contributed by atoms with Crippen LogP contribution in [0.15, 0.2) is 59.8 Å². The van der Waals surface area contributed by atoms with Crippen LogP contribution in [0.3, 0.4) is 0 Å². The van der Waals surface area contributed by atoms with Gasteiger partial charge in [-0.3, -0.25) is 4.79 Å². The van der Waals surface area contributed by atoms with E-state index >= 15 is 0 Å². The zero-order valence-corrected chi connectivity index (χ0v) is 18.6. The number of hydrogen-bond acceptors (Lipinski definition) is 6. The average molecular weight is 426 g/mol. The van der Waals surface area contributed by atoms with Gasteiger partial charge in [-0.05, 0) is 25.0 Å². The largest absolute Gasteiger partial charge is 0.497 e. The smallest absolute Gasteiger partial charge is 0.191 e. The highest BCUT2D eigenvalue weighted by Crippen LogP contribution is 2.27. The summed E-state index contributed by atoms with van der Waals surface area (Å²) in [7, 11) is 1.63. The van der Waals surface area contributed by atoms with Gasteiger partial charge >= 0.3 is 0 Å². The van der Waals surface area contributed by atoms with E-state index in [2.05, 4.69) is 28.6 Å². The van der Waals surface area contributed by atoms with Crippen molar-refractivity contribution in [2.45, 2.75) is 38.6 Å². The molecule has 158 valence electrons. The molecule has 0 aliphatic carbocycles. The van der Waals surface area contributed by atoms with Crippen molar-refractivity contribution in [1.29, 1.82) is 0 Å². The Balaban J connectivity index is 1.76. The summed E-state index contributed by atoms with van der Waals surface area (Å²) in [5.41, 5.74) is 0.704. The number of ether oxygens (including phenoxy) is 2. The molecule has 0 N–H and O–H groups in total. The monoisotopic (exact) mass is 425 g/mol. The minimum Gasteiger partial charge on any atom is -0.497 e. The maximum Gasteiger partial charge on any atom is 0.191 e. The van der Waals surface area contributed by atoms with Crippen LogP contribution in [0, 0.1) is 5.92 Å². The summed E-state index contributed by atoms with van der Waals surface area (Å²) in [6.07, 6.45) is -0.303. The quantitative estimate of drug-likeness (QED) is 0.334. The van der Waals surface area contributed by atoms with Gasteiger partial charge < -0.3 is 14.0 Å². The van der Waals surface area contributed by atoms with E-state index in [-0.39, 0.29) is 11.9 Å². The molecule has 0 bridgehead atoms. The van der Waals surface area contributed by atoms with Gasteiger partial charge in [0.1, 0.15) is 11.5 Å². The normalized spacial score (nSPS) is 12.0. The molecule has 3 aromatic rings. The number of nitrogens with zero attached hydrogens (tertiary/aromatic N) is 3. The molecule has 3 rings (SSSR count). The molecular formula is C23H27N3O3S. The molecule has 0 saturated heterocycles. The summed E-state index contributed by atoms with van der Waals surface area (Å²) in [6.45, 7) is 6.97. The SMILES string of the molecule is COc1cccc(OC(C)c2nnc(SCC(=O)c3ccccc3)n2CC(C)C)c1. The van der Waals surface area contributed by atoms with Gasteiger partial charge in [0.2, 0.25) is 0 Å². The van der Waals surface area contributed by atoms with Crippen LogP contribution in [0.4, 0.5) is 0 Å². The summed E-state index contributed by atoms with van der Waals surface area (Å²) in [6, 6.07) is 16.8. The Bertz CT molecular complexity index is 973. The lowest BCUT2D eigenvalue weighted by molar-refractivity contribution is 0.102. The molecule has 0 radical (unpaired) electrons. The van der Waals surface area contributed by atoms with Crippen LogP contribution in [0.25, 0.3) is 0 Å². The zero-order chi connectivity index (χ0) is 21.5. The van der Waals surface area contributed by atoms with Gasteiger partial charge in [-0.1, -0.05) is 62.0 Å². The fourth-order valence-electron chi connectivity index (χ4n) is 3.01. The third kappa shape index (κ3) is 5.63. The van der Waals surface area contributed by atoms with Gasteiger partial charge in [-0.25, -0.2) is 0 Å². The van der Waals surface area contributed by atoms with Gasteiger partial charge in [0.05, 0.1) is 12.9 Å². The standard InChI is InChI=1S/C23H27N3O3S/c1-16(2)14-26-22(17(3)29-20-12-8-11-19(13-20)28-4)24-25-23(26)30-15-21(27)18-9-6-5-7-10-18/h5-13,16-17H,14-15H2,1-4H3. The van der Waals surface area contributed by atoms with Crippen LogP contribution in [0.1, 0.15) is 43.1 Å². The number of rotatable bonds is 10. The minimum atomic E-state index is -0.303. The third-order valence-electron chi connectivity index (χ3n) is 4.44. The Hall–Kier alpha value is -2.80. The fourth-order valence-corrected chi connectivity index (χ4v) is 3.86. The van der Waals surface area contributed by atoms with Gasteiger partial charge in [0, 0.05) is 18.2 Å². The number of ketones is 1. The van der Waals surface area contributed by atoms with E-state index in [1.807, 2.05) is 61.5 Å². The first kappa shape index (κ1) is 21.9. The summed E-state index contributed by atoms with van der Waals surface area (Å²) in [5.74, 6) is 2.95. The van der Waals surface area contributed by atoms with E-state index in [4.69, 9.17) is 9.47 Å². The van der Waals surface area contributed by atoms with Crippen molar-refractivity contribution in [2.24, 2.45) is 5.92 Å². The molecule has 1 atom stereocenters. The van der Waals surface area contributed by atoms with E-state index in [0.717, 1.165) is 23.3 Å². The van der Waals surface area contributed by atoms with E-state index in [0.29, 0.717) is 23.0 Å². The van der Waals surface area contributed by atoms with E-state index < -0.39 is 0 Å². The second-order valence-electron chi connectivity index (χ2n) is 7.36. The fraction of sp³-hybridized carbons (Fsp3) is 0.348. The number of benzene rings is 2. The van der Waals surface area contributed by atoms with Crippen molar-refractivity contribution in [3.05, 3.63) is 66.0 Å². The first-order valence-electron chi connectivity index (χ1n) is 9.92. The van der Waals surface area contributed by atoms with E-state index in [1.165, 1.54) is 11.8 Å². The van der Waals surface area contributed by atoms with Gasteiger partial charge in [-0.15, -0.1) is 10.2 Å². The van der Waals surface area contributed by atoms with Crippen LogP contribution < -0.4 is 9.47 Å². The number of carbonyl (C=O) groups excluding carboxylic acids is 1. The first-order chi connectivity index (χ1) is 14.5. The number of methoxy groups -OCH3 is 1. The summed E-state index contributed by atoms with van der Waals surface area (Å²) < 4.78 is 13.4. The number of carbonyl (C=O) groups is 1. The molecule has 30 heavy (non-hydrogen) atoms. The highest BCUT2D eigenvalue weighted by molar-refractivity contribution is 7.99. The second kappa shape index (κ2) is 10.3. The topological polar surface area (TPSA) is 66.2 Å². The lowest BCUT2D eigenvalue weighted by Crippen LogP contribution is -2.15. The predicted molar refractivity (Wildman–Crippen MR) is 118 cm³/mol. The molecule has 2 aromatic carbocycles. The molecule has 0 fully saturated rings. The summed E-state index contributed by atoms with van der Waals surface area (Å²) in [4.78, 5) is 12.5. The predicted octanol–water partition coefficient (Wildman–Crippen LogP) is 5.06. The summed E-state index contributed by atoms with van der Waals surface area (Å²) >= 11 is 1.41. The van der Waals surface area contributed by atoms with Gasteiger partial charge in [0.15, 0.2) is 22.9 Å². The second-order valence-corrected chi connectivity index (χ2v) is 8.30. The Morgan fingerprint density at radius 2 is 1.77 bits per heavy atom. The maximum absolute atomic E-state index is 12.5. The van der Waals surface area contributed by atoms with Crippen molar-refractivity contribution < 1.29 is 14.3 Å². The molecule has 1 unspecified atom stereocenters. The van der Waals surface area contributed by atoms with Gasteiger partial charge in [-0.2, -0.15) is 0 Å². The van der Waals surface area contributed by atoms with Crippen LogP contribution in [0.5, 0.6) is 11.5 Å². The highest BCUT2D eigenvalue weighted by atomic mass is 32.2. The van der Waals surface area contributed by atoms with Crippen LogP contribution in [-0.4, -0.2) is 33.4 Å². The lowest BCUT2D eigenvalue weighted by Gasteiger charge is -2.18. The van der Waals surface area contributed by atoms with Crippen molar-refractivity contribution >= 4 is 17.5 Å². The van der Waals surface area contributed by atoms with Crippen molar-refractivity contribution in [1.82, 2.24) is 14.8 Å². The number of hydrogen-bond donors (Lipinski definition) is 0. The average Bonchev–Trinajstić information content (AvgIpc) is 3.14. The van der Waals surface area contributed by atoms with Crippen molar-refractivity contribution in [3.8, 4) is 11.5 Å². The maximum atomic E-state index is 12.5. The number of thioether (sulfide) groups is 1. The summed E-state index contributed by atoms with van der Waals surface area (Å²) in [5, 5.41) is 9.46. The van der Waals surface area contributed by atoms with Crippen LogP contribution >= 0.6 is 11.8 Å². The van der Waals surface area contributed by atoms with Crippen molar-refractivity contribution in [3.63, 3.8) is 0 Å². The number of aromatic nitrogens is 3. The molecule has 7 heteroatoms. The zero-order valence-electron chi connectivity index (χ0n) is 17.7. The third-order valence-corrected chi connectivity index (χ3v) is 5.41. The van der Waals surface area contributed by atoms with Crippen LogP contribution in [-0.2, 0) is 6.54 Å². The highest BCUT2D eigenvalue weighted by Gasteiger charge is 2.21.